The van der Waals surface area contributed by atoms with E-state index in [4.69, 9.17) is 50.4 Å². The van der Waals surface area contributed by atoms with Gasteiger partial charge >= 0.3 is 11.4 Å². The lowest BCUT2D eigenvalue weighted by molar-refractivity contribution is -0.385. The normalized spacial score (nSPS) is 15.1. The van der Waals surface area contributed by atoms with Gasteiger partial charge in [0.05, 0.1) is 21.2 Å². The first-order valence-electron chi connectivity index (χ1n) is 31.4. The van der Waals surface area contributed by atoms with E-state index >= 15 is 0 Å². The van der Waals surface area contributed by atoms with Crippen LogP contribution < -0.4 is 53.2 Å². The van der Waals surface area contributed by atoms with Crippen molar-refractivity contribution in [3.05, 3.63) is 223 Å². The number of rotatable bonds is 15. The van der Waals surface area contributed by atoms with Crippen molar-refractivity contribution in [3.63, 3.8) is 0 Å². The second-order valence-electron chi connectivity index (χ2n) is 22.8. The molecule has 8 aromatic rings. The molecule has 4 aromatic heterocycles. The second kappa shape index (κ2) is 38.9. The van der Waals surface area contributed by atoms with Crippen molar-refractivity contribution in [2.75, 3.05) is 175 Å². The van der Waals surface area contributed by atoms with Crippen LogP contribution in [0.15, 0.2) is 170 Å². The highest BCUT2D eigenvalue weighted by Gasteiger charge is 2.22. The molecule has 10 N–H and O–H groups in total. The van der Waals surface area contributed by atoms with Gasteiger partial charge in [-0.1, -0.05) is 145 Å². The maximum absolute atomic E-state index is 11.3. The van der Waals surface area contributed by atoms with E-state index in [1.807, 2.05) is 121 Å². The minimum atomic E-state index is -0.619. The highest BCUT2D eigenvalue weighted by Crippen LogP contribution is 2.28. The quantitative estimate of drug-likeness (QED) is 0.0286. The summed E-state index contributed by atoms with van der Waals surface area (Å²) in [7, 11) is 8.55. The van der Waals surface area contributed by atoms with Gasteiger partial charge in [0.2, 0.25) is 11.0 Å². The van der Waals surface area contributed by atoms with Crippen molar-refractivity contribution in [2.24, 2.45) is 5.73 Å². The molecule has 4 saturated heterocycles. The third-order valence-corrected chi connectivity index (χ3v) is 16.2. The van der Waals surface area contributed by atoms with Crippen LogP contribution in [0.4, 0.5) is 57.7 Å². The number of nitrogens with two attached hydrogens (primary N) is 3. The van der Waals surface area contributed by atoms with E-state index in [0.717, 1.165) is 139 Å². The molecular formula is C68H90Cl2N20O4. The standard InChI is InChI=1S/C17H21N5O2.2C17H23N5.C7H9N.C5H2Cl2N2O2.C5H12N2/c1-20-9-11-21(12-10-20)16-8-7-15(22(23)24)17(19-16)18-13-14-5-3-2-4-6-14;2*1-21-9-11-22(12-10-21)16-8-7-15(18)17(20-16)19-13-14-5-3-2-4-6-14;8-6-7-4-2-1-3-5-7;6-4-2-1-3(9(10)11)5(7)8-4;1-7-4-2-6-3-5-7/h2-8H,9-13H2,1H3,(H,18,19);2*2-8H,9-13,18H2,1H3,(H,19,20);1-5H,6,8H2;1-2H;6H,2-5H2,1H3. The number of anilines is 8. The van der Waals surface area contributed by atoms with Crippen molar-refractivity contribution >= 4 is 80.9 Å². The van der Waals surface area contributed by atoms with Crippen LogP contribution in [0.25, 0.3) is 0 Å². The lowest BCUT2D eigenvalue weighted by atomic mass is 10.2. The van der Waals surface area contributed by atoms with E-state index in [2.05, 4.69) is 118 Å². The molecule has 8 heterocycles. The first-order valence-corrected chi connectivity index (χ1v) is 32.2. The van der Waals surface area contributed by atoms with Crippen LogP contribution in [0.1, 0.15) is 22.3 Å². The highest BCUT2D eigenvalue weighted by molar-refractivity contribution is 6.33. The number of aromatic nitrogens is 4. The van der Waals surface area contributed by atoms with Gasteiger partial charge in [0.1, 0.15) is 22.6 Å². The number of halogens is 2. The Morgan fingerprint density at radius 2 is 0.734 bits per heavy atom. The molecule has 0 bridgehead atoms. The van der Waals surface area contributed by atoms with Gasteiger partial charge in [0.25, 0.3) is 0 Å². The zero-order valence-corrected chi connectivity index (χ0v) is 55.8. The zero-order chi connectivity index (χ0) is 67.0. The fourth-order valence-corrected chi connectivity index (χ4v) is 10.2. The summed E-state index contributed by atoms with van der Waals surface area (Å²) in [5.74, 6) is 4.63. The van der Waals surface area contributed by atoms with Crippen molar-refractivity contribution in [1.29, 1.82) is 0 Å². The van der Waals surface area contributed by atoms with Gasteiger partial charge in [-0.15, -0.1) is 0 Å². The van der Waals surface area contributed by atoms with E-state index < -0.39 is 9.85 Å². The van der Waals surface area contributed by atoms with Crippen LogP contribution in [-0.2, 0) is 26.2 Å². The van der Waals surface area contributed by atoms with Crippen molar-refractivity contribution in [1.82, 2.24) is 44.9 Å². The van der Waals surface area contributed by atoms with Gasteiger partial charge in [-0.2, -0.15) is 0 Å². The molecule has 4 fully saturated rings. The third-order valence-electron chi connectivity index (χ3n) is 15.7. The predicted octanol–water partition coefficient (Wildman–Crippen LogP) is 9.37. The number of nitrogens with one attached hydrogen (secondary N) is 4. The molecule has 24 nitrogen and oxygen atoms in total. The number of nitro groups is 2. The molecule has 0 spiro atoms. The summed E-state index contributed by atoms with van der Waals surface area (Å²) < 4.78 is 0. The predicted molar refractivity (Wildman–Crippen MR) is 384 cm³/mol. The number of benzene rings is 4. The Morgan fingerprint density at radius 3 is 1.05 bits per heavy atom. The molecule has 0 radical (unpaired) electrons. The molecule has 4 aliphatic heterocycles. The van der Waals surface area contributed by atoms with Crippen molar-refractivity contribution < 1.29 is 9.85 Å². The fraction of sp³-hybridized carbons (Fsp3) is 0.353. The van der Waals surface area contributed by atoms with E-state index in [0.29, 0.717) is 30.3 Å². The largest absolute Gasteiger partial charge is 0.396 e. The summed E-state index contributed by atoms with van der Waals surface area (Å²) >= 11 is 10.8. The highest BCUT2D eigenvalue weighted by atomic mass is 35.5. The summed E-state index contributed by atoms with van der Waals surface area (Å²) in [6.45, 7) is 19.3. The van der Waals surface area contributed by atoms with Crippen LogP contribution in [0.2, 0.25) is 10.3 Å². The number of nitrogens with zero attached hydrogens (tertiary/aromatic N) is 13. The SMILES string of the molecule is CN1CCN(c2ccc(N)c(NCc3ccccc3)n2)CC1.CN1CCN(c2ccc(N)c(NCc3ccccc3)n2)CC1.CN1CCN(c2ccc([N+](=O)[O-])c(NCc3ccccc3)n2)CC1.CN1CCNCC1.NCc1ccccc1.O=[N+]([O-])c1ccc(Cl)nc1Cl. The molecule has 12 rings (SSSR count). The van der Waals surface area contributed by atoms with Crippen LogP contribution in [0.3, 0.4) is 0 Å². The summed E-state index contributed by atoms with van der Waals surface area (Å²) in [6.07, 6.45) is 0. The molecule has 0 atom stereocenters. The average molecular weight is 1320 g/mol. The van der Waals surface area contributed by atoms with E-state index in [9.17, 15) is 20.2 Å². The maximum Gasteiger partial charge on any atom is 0.311 e. The number of pyridine rings is 4. The topological polar surface area (TPSA) is 287 Å². The third kappa shape index (κ3) is 24.8. The number of hydrogen-bond donors (Lipinski definition) is 7. The smallest absolute Gasteiger partial charge is 0.311 e. The minimum absolute atomic E-state index is 0.00353. The number of nitrogen functional groups attached to an aromatic ring is 2. The van der Waals surface area contributed by atoms with Gasteiger partial charge in [-0.3, -0.25) is 20.2 Å². The zero-order valence-electron chi connectivity index (χ0n) is 54.2. The van der Waals surface area contributed by atoms with E-state index in [1.165, 1.54) is 48.0 Å². The molecule has 0 saturated carbocycles. The van der Waals surface area contributed by atoms with Gasteiger partial charge in [-0.05, 0) is 86.8 Å². The molecule has 0 unspecified atom stereocenters. The van der Waals surface area contributed by atoms with Gasteiger partial charge in [0.15, 0.2) is 11.6 Å². The lowest BCUT2D eigenvalue weighted by Gasteiger charge is -2.33. The Hall–Kier alpha value is -8.98. The molecule has 26 heteroatoms. The van der Waals surface area contributed by atoms with Crippen LogP contribution >= 0.6 is 23.2 Å². The second-order valence-corrected chi connectivity index (χ2v) is 23.6. The summed E-state index contributed by atoms with van der Waals surface area (Å²) in [6, 6.07) is 54.0. The summed E-state index contributed by atoms with van der Waals surface area (Å²) in [4.78, 5) is 53.9. The van der Waals surface area contributed by atoms with Crippen LogP contribution in [-0.4, -0.2) is 182 Å². The maximum atomic E-state index is 11.3. The van der Waals surface area contributed by atoms with Crippen molar-refractivity contribution in [2.45, 2.75) is 26.2 Å². The average Bonchev–Trinajstić information content (AvgIpc) is 0.902. The molecular weight excluding hydrogens is 1230 g/mol. The molecule has 0 amide bonds. The van der Waals surface area contributed by atoms with Gasteiger partial charge < -0.3 is 72.8 Å². The summed E-state index contributed by atoms with van der Waals surface area (Å²) in [5.41, 5.74) is 23.3. The first-order chi connectivity index (χ1) is 45.5. The lowest BCUT2D eigenvalue weighted by Crippen LogP contribution is -2.44. The van der Waals surface area contributed by atoms with Gasteiger partial charge in [0, 0.05) is 143 Å². The first kappa shape index (κ1) is 72.4. The number of piperazine rings is 4. The Balaban J connectivity index is 0.000000168. The fourth-order valence-electron chi connectivity index (χ4n) is 9.83. The Kier molecular flexibility index (Phi) is 30.0. The molecule has 0 aliphatic carbocycles. The Morgan fingerprint density at radius 1 is 0.415 bits per heavy atom. The van der Waals surface area contributed by atoms with Gasteiger partial charge in [-0.25, -0.2) is 19.9 Å². The summed E-state index contributed by atoms with van der Waals surface area (Å²) in [5, 5.41) is 34.5. The van der Waals surface area contributed by atoms with E-state index in [1.54, 1.807) is 6.07 Å². The van der Waals surface area contributed by atoms with Crippen LogP contribution in [0, 0.1) is 20.2 Å². The van der Waals surface area contributed by atoms with E-state index in [-0.39, 0.29) is 21.7 Å². The molecule has 4 aromatic carbocycles. The monoisotopic (exact) mass is 1320 g/mol. The van der Waals surface area contributed by atoms with Crippen molar-refractivity contribution in [3.8, 4) is 0 Å². The Labute approximate surface area is 562 Å². The molecule has 4 aliphatic rings. The van der Waals surface area contributed by atoms with Crippen LogP contribution in [0.5, 0.6) is 0 Å². The molecule has 500 valence electrons. The Bertz CT molecular complexity index is 3400. The number of hydrogen-bond acceptors (Lipinski definition) is 22. The minimum Gasteiger partial charge on any atom is -0.396 e. The molecule has 94 heavy (non-hydrogen) atoms. The number of likely N-dealkylation sites (N-methyl/N-ethyl adjacent to an activating group) is 4.